The number of sulfonamides is 1. The number of hydrogen-bond acceptors (Lipinski definition) is 4. The van der Waals surface area contributed by atoms with E-state index in [1.165, 1.54) is 29.6 Å². The molecule has 0 atom stereocenters. The van der Waals surface area contributed by atoms with E-state index in [0.29, 0.717) is 0 Å². The van der Waals surface area contributed by atoms with Crippen molar-refractivity contribution in [2.24, 2.45) is 0 Å². The van der Waals surface area contributed by atoms with Crippen LogP contribution in [0.2, 0.25) is 5.02 Å². The topological polar surface area (TPSA) is 69.7 Å². The number of carbonyl (C=O) groups is 1. The summed E-state index contributed by atoms with van der Waals surface area (Å²) in [6.07, 6.45) is 1.74. The maximum atomic E-state index is 12.6. The van der Waals surface area contributed by atoms with Crippen LogP contribution in [-0.4, -0.2) is 62.8 Å². The molecule has 0 spiro atoms. The summed E-state index contributed by atoms with van der Waals surface area (Å²) in [6, 6.07) is 4.16. The summed E-state index contributed by atoms with van der Waals surface area (Å²) in [6.45, 7) is 5.43. The highest BCUT2D eigenvalue weighted by Crippen LogP contribution is 2.24. The summed E-state index contributed by atoms with van der Waals surface area (Å²) in [7, 11) is -0.0926. The number of amides is 1. The second-order valence-electron chi connectivity index (χ2n) is 6.81. The number of nitrogens with zero attached hydrogens (tertiary/aromatic N) is 2. The molecular weight excluding hydrogens is 362 g/mol. The van der Waals surface area contributed by atoms with Crippen molar-refractivity contribution in [2.75, 3.05) is 27.2 Å². The van der Waals surface area contributed by atoms with Crippen LogP contribution in [0.25, 0.3) is 0 Å². The highest BCUT2D eigenvalue weighted by molar-refractivity contribution is 7.89. The zero-order chi connectivity index (χ0) is 18.8. The number of hydrogen-bond donors (Lipinski definition) is 1. The Balaban J connectivity index is 2.22. The van der Waals surface area contributed by atoms with E-state index in [1.807, 2.05) is 0 Å². The summed E-state index contributed by atoms with van der Waals surface area (Å²) >= 11 is 6.15. The van der Waals surface area contributed by atoms with Crippen molar-refractivity contribution in [3.05, 3.63) is 28.8 Å². The van der Waals surface area contributed by atoms with E-state index < -0.39 is 10.0 Å². The van der Waals surface area contributed by atoms with Crippen LogP contribution in [0.3, 0.4) is 0 Å². The van der Waals surface area contributed by atoms with E-state index in [0.717, 1.165) is 25.9 Å². The van der Waals surface area contributed by atoms with Gasteiger partial charge in [0.05, 0.1) is 15.5 Å². The minimum absolute atomic E-state index is 0.0710. The van der Waals surface area contributed by atoms with Crippen molar-refractivity contribution in [2.45, 2.75) is 43.7 Å². The van der Waals surface area contributed by atoms with Crippen molar-refractivity contribution < 1.29 is 13.2 Å². The first-order valence-corrected chi connectivity index (χ1v) is 10.2. The van der Waals surface area contributed by atoms with Crippen LogP contribution in [-0.2, 0) is 10.0 Å². The lowest BCUT2D eigenvalue weighted by atomic mass is 10.0. The average Bonchev–Trinajstić information content (AvgIpc) is 2.56. The van der Waals surface area contributed by atoms with E-state index in [2.05, 4.69) is 17.3 Å². The van der Waals surface area contributed by atoms with Gasteiger partial charge in [-0.05, 0) is 65.0 Å². The van der Waals surface area contributed by atoms with Gasteiger partial charge in [-0.3, -0.25) is 4.79 Å². The van der Waals surface area contributed by atoms with E-state index in [-0.39, 0.29) is 33.5 Å². The number of rotatable bonds is 5. The standard InChI is InChI=1S/C17H26ClN3O3S/c1-12(2)21(4)25(23,24)14-5-6-16(18)15(11-14)17(22)19-13-7-9-20(3)10-8-13/h5-6,11-13H,7-10H2,1-4H3,(H,19,22). The third kappa shape index (κ3) is 4.73. The Hall–Kier alpha value is -1.15. The molecule has 1 aromatic carbocycles. The zero-order valence-corrected chi connectivity index (χ0v) is 16.7. The van der Waals surface area contributed by atoms with Crippen LogP contribution < -0.4 is 5.32 Å². The number of halogens is 1. The fraction of sp³-hybridized carbons (Fsp3) is 0.588. The van der Waals surface area contributed by atoms with Crippen LogP contribution >= 0.6 is 11.6 Å². The van der Waals surface area contributed by atoms with Crippen molar-refractivity contribution in [3.8, 4) is 0 Å². The molecule has 1 N–H and O–H groups in total. The van der Waals surface area contributed by atoms with Crippen LogP contribution in [0.1, 0.15) is 37.0 Å². The summed E-state index contributed by atoms with van der Waals surface area (Å²) in [5.74, 6) is -0.330. The predicted octanol–water partition coefficient (Wildman–Crippen LogP) is 2.19. The SMILES string of the molecule is CC(C)N(C)S(=O)(=O)c1ccc(Cl)c(C(=O)NC2CCN(C)CC2)c1. The Morgan fingerprint density at radius 2 is 1.92 bits per heavy atom. The molecular formula is C17H26ClN3O3S. The van der Waals surface area contributed by atoms with Crippen LogP contribution in [0, 0.1) is 0 Å². The molecule has 1 aliphatic heterocycles. The third-order valence-corrected chi connectivity index (χ3v) is 7.00. The molecule has 1 amide bonds. The molecule has 1 aromatic rings. The lowest BCUT2D eigenvalue weighted by Crippen LogP contribution is -2.43. The summed E-state index contributed by atoms with van der Waals surface area (Å²) in [5, 5.41) is 3.22. The summed E-state index contributed by atoms with van der Waals surface area (Å²) in [5.41, 5.74) is 0.193. The number of benzene rings is 1. The highest BCUT2D eigenvalue weighted by atomic mass is 35.5. The normalized spacial score (nSPS) is 17.2. The molecule has 0 bridgehead atoms. The summed E-state index contributed by atoms with van der Waals surface area (Å²) in [4.78, 5) is 14.9. The van der Waals surface area contributed by atoms with Gasteiger partial charge in [0.2, 0.25) is 10.0 Å². The smallest absolute Gasteiger partial charge is 0.253 e. The molecule has 2 rings (SSSR count). The molecule has 1 fully saturated rings. The third-order valence-electron chi connectivity index (χ3n) is 4.64. The van der Waals surface area contributed by atoms with E-state index in [9.17, 15) is 13.2 Å². The maximum absolute atomic E-state index is 12.6. The minimum atomic E-state index is -3.66. The van der Waals surface area contributed by atoms with Gasteiger partial charge in [-0.25, -0.2) is 8.42 Å². The van der Waals surface area contributed by atoms with E-state index >= 15 is 0 Å². The molecule has 8 heteroatoms. The molecule has 0 radical (unpaired) electrons. The summed E-state index contributed by atoms with van der Waals surface area (Å²) < 4.78 is 26.5. The molecule has 0 aromatic heterocycles. The quantitative estimate of drug-likeness (QED) is 0.840. The molecule has 1 heterocycles. The maximum Gasteiger partial charge on any atom is 0.253 e. The monoisotopic (exact) mass is 387 g/mol. The molecule has 1 saturated heterocycles. The minimum Gasteiger partial charge on any atom is -0.349 e. The van der Waals surface area contributed by atoms with E-state index in [1.54, 1.807) is 13.8 Å². The van der Waals surface area contributed by atoms with E-state index in [4.69, 9.17) is 11.6 Å². The largest absolute Gasteiger partial charge is 0.349 e. The number of piperidine rings is 1. The Kier molecular flexibility index (Phi) is 6.48. The van der Waals surface area contributed by atoms with Gasteiger partial charge in [0.1, 0.15) is 0 Å². The van der Waals surface area contributed by atoms with Gasteiger partial charge >= 0.3 is 0 Å². The number of carbonyl (C=O) groups excluding carboxylic acids is 1. The van der Waals surface area contributed by atoms with Crippen LogP contribution in [0.15, 0.2) is 23.1 Å². The first-order chi connectivity index (χ1) is 11.6. The zero-order valence-electron chi connectivity index (χ0n) is 15.1. The van der Waals surface area contributed by atoms with Crippen molar-refractivity contribution in [1.29, 1.82) is 0 Å². The fourth-order valence-corrected chi connectivity index (χ4v) is 4.30. The molecule has 1 aliphatic rings. The Morgan fingerprint density at radius 3 is 2.48 bits per heavy atom. The van der Waals surface area contributed by atoms with Gasteiger partial charge in [-0.2, -0.15) is 4.31 Å². The Labute approximate surface area is 155 Å². The molecule has 0 unspecified atom stereocenters. The van der Waals surface area contributed by atoms with Gasteiger partial charge in [0, 0.05) is 19.1 Å². The molecule has 6 nitrogen and oxygen atoms in total. The average molecular weight is 388 g/mol. The van der Waals surface area contributed by atoms with Crippen molar-refractivity contribution >= 4 is 27.5 Å². The Bertz CT molecular complexity index is 729. The molecule has 25 heavy (non-hydrogen) atoms. The molecule has 140 valence electrons. The molecule has 0 aliphatic carbocycles. The van der Waals surface area contributed by atoms with Crippen LogP contribution in [0.5, 0.6) is 0 Å². The first-order valence-electron chi connectivity index (χ1n) is 8.40. The van der Waals surface area contributed by atoms with Crippen LogP contribution in [0.4, 0.5) is 0 Å². The number of likely N-dealkylation sites (tertiary alicyclic amines) is 1. The number of nitrogens with one attached hydrogen (secondary N) is 1. The lowest BCUT2D eigenvalue weighted by Gasteiger charge is -2.29. The van der Waals surface area contributed by atoms with Crippen molar-refractivity contribution in [1.82, 2.24) is 14.5 Å². The van der Waals surface area contributed by atoms with Gasteiger partial charge in [-0.1, -0.05) is 11.6 Å². The second-order valence-corrected chi connectivity index (χ2v) is 9.21. The van der Waals surface area contributed by atoms with Gasteiger partial charge in [-0.15, -0.1) is 0 Å². The first kappa shape index (κ1) is 20.2. The van der Waals surface area contributed by atoms with Gasteiger partial charge in [0.15, 0.2) is 0 Å². The second kappa shape index (κ2) is 8.03. The highest BCUT2D eigenvalue weighted by Gasteiger charge is 2.26. The lowest BCUT2D eigenvalue weighted by molar-refractivity contribution is 0.0917. The molecule has 0 saturated carbocycles. The predicted molar refractivity (Wildman–Crippen MR) is 99.5 cm³/mol. The van der Waals surface area contributed by atoms with Crippen molar-refractivity contribution in [3.63, 3.8) is 0 Å². The Morgan fingerprint density at radius 1 is 1.32 bits per heavy atom. The van der Waals surface area contributed by atoms with Gasteiger partial charge in [0.25, 0.3) is 5.91 Å². The van der Waals surface area contributed by atoms with Gasteiger partial charge < -0.3 is 10.2 Å². The fourth-order valence-electron chi connectivity index (χ4n) is 2.70.